The van der Waals surface area contributed by atoms with Gasteiger partial charge in [0.1, 0.15) is 15.7 Å². The number of carbonyl (C=O) groups excluding carboxylic acids is 1. The van der Waals surface area contributed by atoms with Gasteiger partial charge in [0.05, 0.1) is 13.7 Å². The molecule has 0 N–H and O–H groups in total. The van der Waals surface area contributed by atoms with Gasteiger partial charge in [-0.3, -0.25) is 0 Å². The van der Waals surface area contributed by atoms with Crippen molar-refractivity contribution in [2.45, 2.75) is 55.0 Å². The molecule has 0 spiro atoms. The van der Waals surface area contributed by atoms with E-state index in [1.807, 2.05) is 68.4 Å². The highest BCUT2D eigenvalue weighted by molar-refractivity contribution is 8.00. The lowest BCUT2D eigenvalue weighted by Crippen LogP contribution is -2.36. The van der Waals surface area contributed by atoms with Crippen LogP contribution in [0.1, 0.15) is 37.0 Å². The molecule has 1 aromatic heterocycles. The Bertz CT molecular complexity index is 1670. The molecule has 0 aliphatic carbocycles. The molecule has 0 fully saturated rings. The number of hydrogen-bond donors (Lipinski definition) is 0. The number of aryl methyl sites for hydroxylation is 2. The Hall–Kier alpha value is -2.76. The maximum absolute atomic E-state index is 14.3. The van der Waals surface area contributed by atoms with Gasteiger partial charge in [0.2, 0.25) is 0 Å². The minimum atomic E-state index is -3.85. The molecular formula is C32H36ClNO6S3. The summed E-state index contributed by atoms with van der Waals surface area (Å²) >= 11 is 9.14. The van der Waals surface area contributed by atoms with Crippen molar-refractivity contribution in [3.8, 4) is 11.5 Å². The normalized spacial score (nSPS) is 12.4. The van der Waals surface area contributed by atoms with E-state index in [9.17, 15) is 13.2 Å². The molecule has 1 atom stereocenters. The molecule has 0 radical (unpaired) electrons. The molecule has 4 rings (SSSR count). The third-order valence-electron chi connectivity index (χ3n) is 6.91. The molecule has 0 aliphatic rings. The average Bonchev–Trinajstić information content (AvgIpc) is 3.32. The van der Waals surface area contributed by atoms with Gasteiger partial charge < -0.3 is 14.2 Å². The predicted octanol–water partition coefficient (Wildman–Crippen LogP) is 7.88. The number of thiophene rings is 1. The molecule has 11 heteroatoms. The number of methoxy groups -OCH3 is 1. The van der Waals surface area contributed by atoms with Crippen molar-refractivity contribution in [3.05, 3.63) is 82.4 Å². The Morgan fingerprint density at radius 1 is 1.05 bits per heavy atom. The summed E-state index contributed by atoms with van der Waals surface area (Å²) in [5.41, 5.74) is 2.45. The summed E-state index contributed by atoms with van der Waals surface area (Å²) in [5, 5.41) is 1.40. The minimum Gasteiger partial charge on any atom is -0.497 e. The Balaban J connectivity index is 1.61. The maximum Gasteiger partial charge on any atom is 0.344 e. The van der Waals surface area contributed by atoms with Gasteiger partial charge in [-0.25, -0.2) is 13.2 Å². The van der Waals surface area contributed by atoms with Crippen LogP contribution in [0.2, 0.25) is 5.02 Å². The smallest absolute Gasteiger partial charge is 0.344 e. The second-order valence-electron chi connectivity index (χ2n) is 9.97. The zero-order chi connectivity index (χ0) is 31.1. The van der Waals surface area contributed by atoms with Gasteiger partial charge in [0.15, 0.2) is 6.61 Å². The number of thioether (sulfide) groups is 1. The average molecular weight is 662 g/mol. The molecular weight excluding hydrogens is 626 g/mol. The fourth-order valence-electron chi connectivity index (χ4n) is 4.58. The van der Waals surface area contributed by atoms with Gasteiger partial charge in [0, 0.05) is 33.0 Å². The van der Waals surface area contributed by atoms with Crippen molar-refractivity contribution >= 4 is 60.8 Å². The predicted molar refractivity (Wildman–Crippen MR) is 175 cm³/mol. The van der Waals surface area contributed by atoms with Gasteiger partial charge in [-0.1, -0.05) is 30.7 Å². The lowest BCUT2D eigenvalue weighted by atomic mass is 10.2. The van der Waals surface area contributed by atoms with E-state index in [0.717, 1.165) is 32.5 Å². The molecule has 4 aromatic rings. The number of carbonyl (C=O) groups is 1. The second-order valence-corrected chi connectivity index (χ2v) is 15.0. The summed E-state index contributed by atoms with van der Waals surface area (Å²) in [6, 6.07) is 18.7. The van der Waals surface area contributed by atoms with E-state index in [1.54, 1.807) is 36.2 Å². The van der Waals surface area contributed by atoms with E-state index < -0.39 is 16.0 Å². The first-order chi connectivity index (χ1) is 20.5. The molecule has 0 unspecified atom stereocenters. The Morgan fingerprint density at radius 3 is 2.44 bits per heavy atom. The highest BCUT2D eigenvalue weighted by atomic mass is 35.5. The number of rotatable bonds is 14. The van der Waals surface area contributed by atoms with Gasteiger partial charge in [0.25, 0.3) is 10.0 Å². The van der Waals surface area contributed by atoms with Crippen LogP contribution in [-0.2, 0) is 26.1 Å². The summed E-state index contributed by atoms with van der Waals surface area (Å²) in [5.74, 6) is 0.901. The van der Waals surface area contributed by atoms with E-state index in [-0.39, 0.29) is 18.4 Å². The number of ether oxygens (including phenoxy) is 3. The Labute approximate surface area is 267 Å². The standard InChI is InChI=1S/C32H36ClNO6S3/c1-6-26(41-27-13-14-29(21(3)16-27)40-20-31(35)39-7-2)19-34(18-23-8-11-25(38-5)12-9-23)43(36,37)32-22(4)28-17-24(33)10-15-30(28)42-32/h8-17,26H,6-7,18-20H2,1-5H3/t26-/m1/s1. The third kappa shape index (κ3) is 8.25. The highest BCUT2D eigenvalue weighted by Gasteiger charge is 2.31. The maximum atomic E-state index is 14.3. The van der Waals surface area contributed by atoms with Crippen molar-refractivity contribution in [2.24, 2.45) is 0 Å². The molecule has 43 heavy (non-hydrogen) atoms. The molecule has 0 saturated carbocycles. The zero-order valence-electron chi connectivity index (χ0n) is 24.9. The van der Waals surface area contributed by atoms with Gasteiger partial charge in [-0.15, -0.1) is 23.1 Å². The molecule has 0 saturated heterocycles. The quantitative estimate of drug-likeness (QED) is 0.100. The van der Waals surface area contributed by atoms with E-state index in [1.165, 1.54) is 11.3 Å². The topological polar surface area (TPSA) is 82.1 Å². The fraction of sp³-hybridized carbons (Fsp3) is 0.344. The third-order valence-corrected chi connectivity index (χ3v) is 12.2. The molecule has 0 aliphatic heterocycles. The number of benzene rings is 3. The SMILES string of the molecule is CCOC(=O)COc1ccc(S[C@H](CC)CN(Cc2ccc(OC)cc2)S(=O)(=O)c2sc3ccc(Cl)cc3c2C)cc1C. The summed E-state index contributed by atoms with van der Waals surface area (Å²) < 4.78 is 47.3. The van der Waals surface area contributed by atoms with Crippen LogP contribution in [0, 0.1) is 13.8 Å². The molecule has 0 amide bonds. The first kappa shape index (κ1) is 33.1. The number of esters is 1. The Morgan fingerprint density at radius 2 is 1.79 bits per heavy atom. The largest absolute Gasteiger partial charge is 0.497 e. The van der Waals surface area contributed by atoms with Crippen molar-refractivity contribution < 1.29 is 27.4 Å². The van der Waals surface area contributed by atoms with Crippen LogP contribution in [0.3, 0.4) is 0 Å². The number of sulfonamides is 1. The molecule has 1 heterocycles. The van der Waals surface area contributed by atoms with Gasteiger partial charge in [-0.05, 0) is 97.8 Å². The fourth-order valence-corrected chi connectivity index (χ4v) is 9.40. The zero-order valence-corrected chi connectivity index (χ0v) is 28.1. The molecule has 3 aromatic carbocycles. The first-order valence-corrected chi connectivity index (χ1v) is 17.4. The van der Waals surface area contributed by atoms with Crippen LogP contribution in [0.15, 0.2) is 69.8 Å². The lowest BCUT2D eigenvalue weighted by Gasteiger charge is -2.26. The summed E-state index contributed by atoms with van der Waals surface area (Å²) in [6.07, 6.45) is 0.750. The highest BCUT2D eigenvalue weighted by Crippen LogP contribution is 2.38. The first-order valence-electron chi connectivity index (χ1n) is 13.9. The van der Waals surface area contributed by atoms with Crippen LogP contribution in [0.4, 0.5) is 0 Å². The van der Waals surface area contributed by atoms with Crippen LogP contribution < -0.4 is 9.47 Å². The van der Waals surface area contributed by atoms with Crippen LogP contribution in [-0.4, -0.2) is 50.8 Å². The number of hydrogen-bond acceptors (Lipinski definition) is 8. The van der Waals surface area contributed by atoms with E-state index in [0.29, 0.717) is 39.4 Å². The minimum absolute atomic E-state index is 0.0251. The summed E-state index contributed by atoms with van der Waals surface area (Å²) in [4.78, 5) is 12.7. The van der Waals surface area contributed by atoms with Gasteiger partial charge in [-0.2, -0.15) is 4.31 Å². The summed E-state index contributed by atoms with van der Waals surface area (Å²) in [6.45, 7) is 8.25. The van der Waals surface area contributed by atoms with Crippen molar-refractivity contribution in [2.75, 3.05) is 26.9 Å². The van der Waals surface area contributed by atoms with Crippen molar-refractivity contribution in [3.63, 3.8) is 0 Å². The van der Waals surface area contributed by atoms with E-state index in [2.05, 4.69) is 6.92 Å². The number of fused-ring (bicyclic) bond motifs is 1. The Kier molecular flexibility index (Phi) is 11.4. The lowest BCUT2D eigenvalue weighted by molar-refractivity contribution is -0.145. The van der Waals surface area contributed by atoms with E-state index >= 15 is 0 Å². The van der Waals surface area contributed by atoms with Crippen LogP contribution >= 0.6 is 34.7 Å². The van der Waals surface area contributed by atoms with Crippen LogP contribution in [0.25, 0.3) is 10.1 Å². The monoisotopic (exact) mass is 661 g/mol. The van der Waals surface area contributed by atoms with Crippen molar-refractivity contribution in [1.29, 1.82) is 0 Å². The second kappa shape index (κ2) is 14.8. The van der Waals surface area contributed by atoms with Crippen LogP contribution in [0.5, 0.6) is 11.5 Å². The molecule has 7 nitrogen and oxygen atoms in total. The molecule has 230 valence electrons. The molecule has 0 bridgehead atoms. The number of halogens is 1. The summed E-state index contributed by atoms with van der Waals surface area (Å²) in [7, 11) is -2.25. The van der Waals surface area contributed by atoms with Gasteiger partial charge >= 0.3 is 5.97 Å². The van der Waals surface area contributed by atoms with Crippen molar-refractivity contribution in [1.82, 2.24) is 4.31 Å². The number of nitrogens with zero attached hydrogens (tertiary/aromatic N) is 1. The van der Waals surface area contributed by atoms with E-state index in [4.69, 9.17) is 25.8 Å².